The quantitative estimate of drug-likeness (QED) is 0.709. The molecule has 0 bridgehead atoms. The minimum atomic E-state index is 0.0942. The van der Waals surface area contributed by atoms with Crippen LogP contribution in [0.3, 0.4) is 0 Å². The third kappa shape index (κ3) is 4.68. The number of benzene rings is 1. The van der Waals surface area contributed by atoms with Crippen molar-refractivity contribution in [3.05, 3.63) is 50.9 Å². The van der Waals surface area contributed by atoms with Crippen molar-refractivity contribution >= 4 is 11.6 Å². The molecular formula is C24H35N5O2. The monoisotopic (exact) mass is 425 g/mol. The average molecular weight is 426 g/mol. The Hall–Kier alpha value is -2.22. The molecule has 0 radical (unpaired) electrons. The first-order chi connectivity index (χ1) is 15.0. The zero-order valence-corrected chi connectivity index (χ0v) is 19.4. The summed E-state index contributed by atoms with van der Waals surface area (Å²) in [6.45, 7) is 15.3. The van der Waals surface area contributed by atoms with Crippen LogP contribution in [0.15, 0.2) is 23.0 Å². The molecule has 0 N–H and O–H groups in total. The van der Waals surface area contributed by atoms with Crippen LogP contribution in [0, 0.1) is 20.8 Å². The Morgan fingerprint density at radius 2 is 1.74 bits per heavy atom. The van der Waals surface area contributed by atoms with Crippen LogP contribution in [0.5, 0.6) is 0 Å². The van der Waals surface area contributed by atoms with Gasteiger partial charge < -0.3 is 4.74 Å². The van der Waals surface area contributed by atoms with Crippen LogP contribution >= 0.6 is 0 Å². The second-order valence-electron chi connectivity index (χ2n) is 8.74. The van der Waals surface area contributed by atoms with Crippen LogP contribution in [-0.4, -0.2) is 65.4 Å². The van der Waals surface area contributed by atoms with E-state index in [0.29, 0.717) is 13.1 Å². The van der Waals surface area contributed by atoms with E-state index in [2.05, 4.69) is 46.7 Å². The minimum Gasteiger partial charge on any atom is -0.379 e. The number of hydrogen-bond acceptors (Lipinski definition) is 6. The van der Waals surface area contributed by atoms with E-state index < -0.39 is 0 Å². The summed E-state index contributed by atoms with van der Waals surface area (Å²) in [6, 6.07) is 6.49. The first kappa shape index (κ1) is 22.0. The van der Waals surface area contributed by atoms with Gasteiger partial charge in [-0.3, -0.25) is 24.1 Å². The fraction of sp³-hybridized carbons (Fsp3) is 0.583. The zero-order valence-electron chi connectivity index (χ0n) is 19.4. The second kappa shape index (κ2) is 9.51. The lowest BCUT2D eigenvalue weighted by Crippen LogP contribution is -2.48. The van der Waals surface area contributed by atoms with E-state index in [0.717, 1.165) is 75.4 Å². The first-order valence-corrected chi connectivity index (χ1v) is 11.5. The van der Waals surface area contributed by atoms with Crippen molar-refractivity contribution in [1.29, 1.82) is 0 Å². The van der Waals surface area contributed by atoms with Gasteiger partial charge in [-0.25, -0.2) is 4.98 Å². The number of morpholine rings is 1. The molecule has 0 aliphatic carbocycles. The molecule has 2 aliphatic rings. The summed E-state index contributed by atoms with van der Waals surface area (Å²) < 4.78 is 7.32. The molecule has 0 unspecified atom stereocenters. The molecule has 168 valence electrons. The summed E-state index contributed by atoms with van der Waals surface area (Å²) >= 11 is 0. The highest BCUT2D eigenvalue weighted by molar-refractivity contribution is 5.60. The van der Waals surface area contributed by atoms with E-state index in [4.69, 9.17) is 9.72 Å². The van der Waals surface area contributed by atoms with E-state index in [1.165, 1.54) is 11.1 Å². The largest absolute Gasteiger partial charge is 0.379 e. The fourth-order valence-corrected chi connectivity index (χ4v) is 4.51. The van der Waals surface area contributed by atoms with E-state index >= 15 is 0 Å². The molecule has 1 aromatic heterocycles. The van der Waals surface area contributed by atoms with Gasteiger partial charge in [0.1, 0.15) is 0 Å². The molecule has 7 nitrogen and oxygen atoms in total. The first-order valence-electron chi connectivity index (χ1n) is 11.5. The summed E-state index contributed by atoms with van der Waals surface area (Å²) in [4.78, 5) is 25.2. The lowest BCUT2D eigenvalue weighted by atomic mass is 10.1. The highest BCUT2D eigenvalue weighted by Gasteiger charge is 2.27. The van der Waals surface area contributed by atoms with Gasteiger partial charge in [0.05, 0.1) is 26.6 Å². The average Bonchev–Trinajstić information content (AvgIpc) is 2.77. The van der Waals surface area contributed by atoms with E-state index in [-0.39, 0.29) is 5.56 Å². The molecule has 0 saturated carbocycles. The molecule has 0 amide bonds. The van der Waals surface area contributed by atoms with Crippen molar-refractivity contribution < 1.29 is 4.74 Å². The van der Waals surface area contributed by atoms with Crippen molar-refractivity contribution in [2.24, 2.45) is 0 Å². The Morgan fingerprint density at radius 3 is 2.45 bits per heavy atom. The van der Waals surface area contributed by atoms with E-state index in [9.17, 15) is 4.79 Å². The van der Waals surface area contributed by atoms with Crippen molar-refractivity contribution in [3.63, 3.8) is 0 Å². The molecule has 2 aliphatic heterocycles. The molecule has 1 fully saturated rings. The Kier molecular flexibility index (Phi) is 6.74. The van der Waals surface area contributed by atoms with Crippen LogP contribution in [0.1, 0.15) is 35.7 Å². The smallest absolute Gasteiger partial charge is 0.259 e. The van der Waals surface area contributed by atoms with Crippen LogP contribution < -0.4 is 10.5 Å². The fourth-order valence-electron chi connectivity index (χ4n) is 4.51. The Morgan fingerprint density at radius 1 is 1.00 bits per heavy atom. The summed E-state index contributed by atoms with van der Waals surface area (Å²) in [5.74, 6) is 0.757. The predicted octanol–water partition coefficient (Wildman–Crippen LogP) is 2.82. The van der Waals surface area contributed by atoms with Gasteiger partial charge in [-0.2, -0.15) is 0 Å². The summed E-state index contributed by atoms with van der Waals surface area (Å²) in [5.41, 5.74) is 5.36. The number of nitrogens with zero attached hydrogens (tertiary/aromatic N) is 5. The number of ether oxygens (including phenoxy) is 1. The van der Waals surface area contributed by atoms with Gasteiger partial charge in [0.25, 0.3) is 5.56 Å². The molecule has 0 spiro atoms. The highest BCUT2D eigenvalue weighted by atomic mass is 16.5. The van der Waals surface area contributed by atoms with Crippen molar-refractivity contribution in [2.45, 2.75) is 47.2 Å². The summed E-state index contributed by atoms with van der Waals surface area (Å²) in [5, 5.41) is 0. The summed E-state index contributed by atoms with van der Waals surface area (Å²) in [6.07, 6.45) is 1.78. The molecule has 7 heteroatoms. The predicted molar refractivity (Wildman–Crippen MR) is 124 cm³/mol. The van der Waals surface area contributed by atoms with E-state index in [1.807, 2.05) is 18.4 Å². The lowest BCUT2D eigenvalue weighted by molar-refractivity contribution is 0.0354. The van der Waals surface area contributed by atoms with Crippen molar-refractivity contribution in [2.75, 3.05) is 51.0 Å². The Labute approximate surface area is 185 Å². The SMILES string of the molecule is CCc1c(C)nc2n(c1=O)CN(CCCN1CCOCC1)CN2c1ccc(C)c(C)c1. The van der Waals surface area contributed by atoms with Crippen LogP contribution in [0.4, 0.5) is 11.6 Å². The van der Waals surface area contributed by atoms with E-state index in [1.54, 1.807) is 0 Å². The van der Waals surface area contributed by atoms with Gasteiger partial charge in [-0.05, 0) is 63.4 Å². The Bertz CT molecular complexity index is 981. The molecule has 31 heavy (non-hydrogen) atoms. The second-order valence-corrected chi connectivity index (χ2v) is 8.74. The number of aromatic nitrogens is 2. The topological polar surface area (TPSA) is 53.8 Å². The van der Waals surface area contributed by atoms with Crippen LogP contribution in [-0.2, 0) is 17.8 Å². The number of hydrogen-bond donors (Lipinski definition) is 0. The van der Waals surface area contributed by atoms with Gasteiger partial charge in [0.2, 0.25) is 5.95 Å². The normalized spacial score (nSPS) is 17.7. The zero-order chi connectivity index (χ0) is 22.0. The van der Waals surface area contributed by atoms with Crippen LogP contribution in [0.2, 0.25) is 0 Å². The maximum atomic E-state index is 13.3. The molecule has 1 aromatic carbocycles. The molecule has 3 heterocycles. The van der Waals surface area contributed by atoms with Crippen molar-refractivity contribution in [1.82, 2.24) is 19.4 Å². The summed E-state index contributed by atoms with van der Waals surface area (Å²) in [7, 11) is 0. The molecular weight excluding hydrogens is 390 g/mol. The number of rotatable bonds is 6. The highest BCUT2D eigenvalue weighted by Crippen LogP contribution is 2.29. The van der Waals surface area contributed by atoms with Gasteiger partial charge in [0, 0.05) is 36.6 Å². The number of anilines is 2. The molecule has 4 rings (SSSR count). The van der Waals surface area contributed by atoms with Gasteiger partial charge in [-0.1, -0.05) is 13.0 Å². The van der Waals surface area contributed by atoms with Gasteiger partial charge in [0.15, 0.2) is 0 Å². The number of fused-ring (bicyclic) bond motifs is 1. The van der Waals surface area contributed by atoms with Crippen molar-refractivity contribution in [3.8, 4) is 0 Å². The number of aryl methyl sites for hydroxylation is 3. The Balaban J connectivity index is 1.61. The maximum absolute atomic E-state index is 13.3. The van der Waals surface area contributed by atoms with Gasteiger partial charge in [-0.15, -0.1) is 0 Å². The van der Waals surface area contributed by atoms with Gasteiger partial charge >= 0.3 is 0 Å². The minimum absolute atomic E-state index is 0.0942. The van der Waals surface area contributed by atoms with Crippen LogP contribution in [0.25, 0.3) is 0 Å². The molecule has 1 saturated heterocycles. The third-order valence-electron chi connectivity index (χ3n) is 6.58. The lowest BCUT2D eigenvalue weighted by Gasteiger charge is -2.39. The standard InChI is InChI=1S/C24H35N5O2/c1-5-22-20(4)25-24-28(21-8-7-18(2)19(3)15-21)16-27(17-29(24)23(22)30)10-6-9-26-11-13-31-14-12-26/h7-8,15H,5-6,9-14,16-17H2,1-4H3. The maximum Gasteiger partial charge on any atom is 0.259 e. The molecule has 2 aromatic rings. The third-order valence-corrected chi connectivity index (χ3v) is 6.58. The molecule has 0 atom stereocenters.